The summed E-state index contributed by atoms with van der Waals surface area (Å²) in [6, 6.07) is 9.92. The van der Waals surface area contributed by atoms with Gasteiger partial charge in [-0.25, -0.2) is 4.39 Å². The number of halogens is 1. The molecule has 30 heavy (non-hydrogen) atoms. The van der Waals surface area contributed by atoms with Gasteiger partial charge >= 0.3 is 5.97 Å². The van der Waals surface area contributed by atoms with E-state index >= 15 is 0 Å². The number of nitrogens with one attached hydrogen (secondary N) is 1. The number of benzene rings is 2. The number of non-ortho nitro benzene ring substituents is 1. The molecule has 9 heteroatoms. The Hall–Kier alpha value is -3.07. The van der Waals surface area contributed by atoms with Crippen molar-refractivity contribution in [1.82, 2.24) is 5.32 Å². The van der Waals surface area contributed by atoms with E-state index in [1.54, 1.807) is 19.1 Å². The van der Waals surface area contributed by atoms with E-state index in [2.05, 4.69) is 12.2 Å². The van der Waals surface area contributed by atoms with Crippen LogP contribution >= 0.6 is 12.2 Å². The van der Waals surface area contributed by atoms with E-state index in [4.69, 9.17) is 22.1 Å². The molecule has 2 N–H and O–H groups in total. The van der Waals surface area contributed by atoms with Crippen molar-refractivity contribution in [2.75, 3.05) is 0 Å². The summed E-state index contributed by atoms with van der Waals surface area (Å²) in [4.78, 5) is 21.8. The largest absolute Gasteiger partial charge is 0.489 e. The lowest BCUT2D eigenvalue weighted by atomic mass is 9.99. The normalized spacial score (nSPS) is 12.6. The summed E-state index contributed by atoms with van der Waals surface area (Å²) in [5, 5.41) is 23.0. The molecule has 1 radical (unpaired) electrons. The zero-order chi connectivity index (χ0) is 22.3. The number of ether oxygens (including phenoxy) is 1. The lowest BCUT2D eigenvalue weighted by Crippen LogP contribution is -2.29. The fourth-order valence-electron chi connectivity index (χ4n) is 2.72. The number of nitro benzene ring substituents is 1. The molecule has 0 aliphatic carbocycles. The van der Waals surface area contributed by atoms with Crippen LogP contribution in [0.3, 0.4) is 0 Å². The predicted octanol–water partition coefficient (Wildman–Crippen LogP) is 4.28. The Kier molecular flexibility index (Phi) is 8.23. The minimum Gasteiger partial charge on any atom is -0.489 e. The first kappa shape index (κ1) is 23.2. The molecule has 0 bridgehead atoms. The first-order valence-corrected chi connectivity index (χ1v) is 9.60. The van der Waals surface area contributed by atoms with Crippen molar-refractivity contribution in [2.24, 2.45) is 5.92 Å². The van der Waals surface area contributed by atoms with E-state index in [0.717, 1.165) is 6.07 Å². The minimum absolute atomic E-state index is 0.0373. The number of rotatable bonds is 10. The third-order valence-corrected chi connectivity index (χ3v) is 4.87. The monoisotopic (exact) mass is 433 g/mol. The Morgan fingerprint density at radius 3 is 2.73 bits per heavy atom. The summed E-state index contributed by atoms with van der Waals surface area (Å²) in [5.41, 5.74) is 0.999. The van der Waals surface area contributed by atoms with Crippen LogP contribution < -0.4 is 10.1 Å². The van der Waals surface area contributed by atoms with Crippen LogP contribution in [0.4, 0.5) is 10.1 Å². The Labute approximate surface area is 179 Å². The average molecular weight is 433 g/mol. The van der Waals surface area contributed by atoms with E-state index in [9.17, 15) is 19.3 Å². The van der Waals surface area contributed by atoms with E-state index < -0.39 is 22.8 Å². The second kappa shape index (κ2) is 10.6. The fourth-order valence-corrected chi connectivity index (χ4v) is 2.96. The van der Waals surface area contributed by atoms with Crippen molar-refractivity contribution in [3.05, 3.63) is 76.4 Å². The van der Waals surface area contributed by atoms with Gasteiger partial charge in [-0.3, -0.25) is 14.9 Å². The molecule has 0 spiro atoms. The maximum absolute atomic E-state index is 13.8. The molecule has 2 aromatic rings. The molecule has 0 saturated heterocycles. The number of carboxylic acids is 1. The number of carbonyl (C=O) groups is 1. The van der Waals surface area contributed by atoms with E-state index in [0.29, 0.717) is 17.5 Å². The first-order chi connectivity index (χ1) is 14.2. The van der Waals surface area contributed by atoms with Crippen molar-refractivity contribution < 1.29 is 24.0 Å². The highest BCUT2D eigenvalue weighted by atomic mass is 32.1. The van der Waals surface area contributed by atoms with Crippen LogP contribution in [0.2, 0.25) is 0 Å². The van der Waals surface area contributed by atoms with Crippen LogP contribution in [-0.4, -0.2) is 27.1 Å². The highest BCUT2D eigenvalue weighted by Gasteiger charge is 2.23. The Bertz CT molecular complexity index is 937. The summed E-state index contributed by atoms with van der Waals surface area (Å²) in [6.07, 6.45) is -0.529. The van der Waals surface area contributed by atoms with Gasteiger partial charge in [0.05, 0.1) is 16.9 Å². The second-order valence-corrected chi connectivity index (χ2v) is 7.18. The smallest absolute Gasteiger partial charge is 0.307 e. The number of nitro groups is 1. The molecule has 2 rings (SSSR count). The molecule has 0 amide bonds. The van der Waals surface area contributed by atoms with Gasteiger partial charge in [0.1, 0.15) is 22.7 Å². The zero-order valence-electron chi connectivity index (χ0n) is 16.3. The minimum atomic E-state index is -1.04. The zero-order valence-corrected chi connectivity index (χ0v) is 17.2. The molecular formula is C21H22FN2O5S. The molecule has 0 aliphatic heterocycles. The number of thiocarbonyl (C=S) groups is 1. The van der Waals surface area contributed by atoms with Crippen molar-refractivity contribution in [3.63, 3.8) is 0 Å². The molecule has 0 heterocycles. The van der Waals surface area contributed by atoms with E-state index in [1.807, 2.05) is 0 Å². The average Bonchev–Trinajstić information content (AvgIpc) is 2.71. The molecule has 2 unspecified atom stereocenters. The number of hydrogen-bond acceptors (Lipinski definition) is 5. The van der Waals surface area contributed by atoms with Gasteiger partial charge in [0.2, 0.25) is 0 Å². The lowest BCUT2D eigenvalue weighted by Gasteiger charge is -2.24. The van der Waals surface area contributed by atoms with Crippen LogP contribution in [-0.2, 0) is 11.3 Å². The number of carboxylic acid groups (broad SMARTS) is 1. The van der Waals surface area contributed by atoms with Crippen LogP contribution in [0.25, 0.3) is 0 Å². The van der Waals surface area contributed by atoms with Crippen molar-refractivity contribution in [1.29, 1.82) is 0 Å². The summed E-state index contributed by atoms with van der Waals surface area (Å²) in [5.74, 6) is -1.64. The van der Waals surface area contributed by atoms with Crippen molar-refractivity contribution in [3.8, 4) is 5.75 Å². The summed E-state index contributed by atoms with van der Waals surface area (Å²) < 4.78 is 19.7. The molecule has 7 nitrogen and oxygen atoms in total. The Morgan fingerprint density at radius 2 is 2.10 bits per heavy atom. The molecule has 0 saturated carbocycles. The van der Waals surface area contributed by atoms with Gasteiger partial charge in [-0.2, -0.15) is 0 Å². The van der Waals surface area contributed by atoms with Gasteiger partial charge < -0.3 is 15.2 Å². The number of aliphatic carboxylic acids is 1. The number of nitrogens with zero attached hydrogens (tertiary/aromatic N) is 1. The molecule has 2 atom stereocenters. The highest BCUT2D eigenvalue weighted by molar-refractivity contribution is 7.80. The Balaban J connectivity index is 2.20. The maximum atomic E-state index is 13.8. The third-order valence-electron chi connectivity index (χ3n) is 4.51. The van der Waals surface area contributed by atoms with Crippen LogP contribution in [0, 0.1) is 28.8 Å². The van der Waals surface area contributed by atoms with Crippen molar-refractivity contribution >= 4 is 28.9 Å². The molecular weight excluding hydrogens is 411 g/mol. The fraction of sp³-hybridized carbons (Fsp3) is 0.286. The van der Waals surface area contributed by atoms with E-state index in [1.165, 1.54) is 24.3 Å². The summed E-state index contributed by atoms with van der Waals surface area (Å²) in [6.45, 7) is 5.80. The van der Waals surface area contributed by atoms with Gasteiger partial charge in [0, 0.05) is 24.7 Å². The molecule has 159 valence electrons. The second-order valence-electron chi connectivity index (χ2n) is 6.77. The summed E-state index contributed by atoms with van der Waals surface area (Å²) in [7, 11) is 0. The molecule has 0 fully saturated rings. The third kappa shape index (κ3) is 6.48. The van der Waals surface area contributed by atoms with E-state index in [-0.39, 0.29) is 35.3 Å². The molecule has 0 aliphatic rings. The molecule has 2 aromatic carbocycles. The standard InChI is InChI=1S/C21H22FN2O5S/c1-3-13(2)18(11-20(25)26)29-19-10-15(22)7-8-17(19)21(30)23-12-14-5-4-6-16(9-14)24(27)28/h4-10,13,18H,1,3,11-12H2,2H3,(H,23,30)(H,25,26). The van der Waals surface area contributed by atoms with Crippen molar-refractivity contribution in [2.45, 2.75) is 32.4 Å². The Morgan fingerprint density at radius 1 is 1.37 bits per heavy atom. The highest BCUT2D eigenvalue weighted by Crippen LogP contribution is 2.26. The first-order valence-electron chi connectivity index (χ1n) is 9.20. The van der Waals surface area contributed by atoms with Gasteiger partial charge in [-0.15, -0.1) is 0 Å². The lowest BCUT2D eigenvalue weighted by molar-refractivity contribution is -0.384. The van der Waals surface area contributed by atoms with Gasteiger partial charge in [-0.1, -0.05) is 38.2 Å². The van der Waals surface area contributed by atoms with Gasteiger partial charge in [-0.05, 0) is 30.0 Å². The topological polar surface area (TPSA) is 102 Å². The van der Waals surface area contributed by atoms with Crippen LogP contribution in [0.5, 0.6) is 5.75 Å². The number of hydrogen-bond donors (Lipinski definition) is 2. The van der Waals surface area contributed by atoms with Gasteiger partial charge in [0.15, 0.2) is 0 Å². The maximum Gasteiger partial charge on any atom is 0.307 e. The van der Waals surface area contributed by atoms with Gasteiger partial charge in [0.25, 0.3) is 5.69 Å². The van der Waals surface area contributed by atoms with Crippen LogP contribution in [0.15, 0.2) is 42.5 Å². The quantitative estimate of drug-likeness (QED) is 0.328. The molecule has 0 aromatic heterocycles. The predicted molar refractivity (Wildman–Crippen MR) is 114 cm³/mol. The van der Waals surface area contributed by atoms with Crippen LogP contribution in [0.1, 0.15) is 30.9 Å². The SMILES string of the molecule is [CH2]CC(C)C(CC(=O)O)Oc1cc(F)ccc1C(=S)NCc1cccc([N+](=O)[O-])c1. The summed E-state index contributed by atoms with van der Waals surface area (Å²) >= 11 is 5.39.